The van der Waals surface area contributed by atoms with Crippen LogP contribution in [-0.2, 0) is 14.3 Å². The number of amides is 1. The van der Waals surface area contributed by atoms with Crippen LogP contribution in [0.25, 0.3) is 0 Å². The van der Waals surface area contributed by atoms with Gasteiger partial charge < -0.3 is 20.5 Å². The number of carbonyl (C=O) groups is 2. The van der Waals surface area contributed by atoms with Gasteiger partial charge in [0, 0.05) is 11.3 Å². The maximum absolute atomic E-state index is 12.1. The van der Waals surface area contributed by atoms with Crippen LogP contribution < -0.4 is 15.8 Å². The number of thioether (sulfide) groups is 1. The molecule has 7 heteroatoms. The third kappa shape index (κ3) is 6.54. The van der Waals surface area contributed by atoms with Gasteiger partial charge in [-0.05, 0) is 37.6 Å². The van der Waals surface area contributed by atoms with Gasteiger partial charge in [-0.15, -0.1) is 0 Å². The summed E-state index contributed by atoms with van der Waals surface area (Å²) in [5.41, 5.74) is 6.01. The van der Waals surface area contributed by atoms with Gasteiger partial charge in [0.25, 0.3) is 0 Å². The van der Waals surface area contributed by atoms with Crippen molar-refractivity contribution >= 4 is 23.6 Å². The van der Waals surface area contributed by atoms with Crippen LogP contribution >= 0.6 is 11.8 Å². The standard InChI is InChI=1S/C17H24N2O4S/c1-4-6-7-14(20)19-15(17(21)23-5-2)16(18)24-13-10-8-12(22-3)9-11-13/h8-11H,4-7,18H2,1-3H3,(H,19,20)/b16-15+. The fourth-order valence-corrected chi connectivity index (χ4v) is 2.54. The lowest BCUT2D eigenvalue weighted by molar-refractivity contribution is -0.140. The van der Waals surface area contributed by atoms with Gasteiger partial charge in [0.2, 0.25) is 5.91 Å². The fraction of sp³-hybridized carbons (Fsp3) is 0.412. The molecule has 3 N–H and O–H groups in total. The highest BCUT2D eigenvalue weighted by Gasteiger charge is 2.18. The third-order valence-corrected chi connectivity index (χ3v) is 3.97. The Labute approximate surface area is 146 Å². The molecule has 24 heavy (non-hydrogen) atoms. The van der Waals surface area contributed by atoms with E-state index in [0.717, 1.165) is 23.5 Å². The molecule has 0 radical (unpaired) electrons. The second-order valence-electron chi connectivity index (χ2n) is 4.89. The number of unbranched alkanes of at least 4 members (excludes halogenated alkanes) is 1. The molecule has 0 saturated heterocycles. The number of carbonyl (C=O) groups excluding carboxylic acids is 2. The number of esters is 1. The third-order valence-electron chi connectivity index (χ3n) is 3.04. The first kappa shape index (κ1) is 19.9. The number of nitrogens with two attached hydrogens (primary N) is 1. The second-order valence-corrected chi connectivity index (χ2v) is 6.00. The summed E-state index contributed by atoms with van der Waals surface area (Å²) in [6, 6.07) is 7.22. The summed E-state index contributed by atoms with van der Waals surface area (Å²) in [6.45, 7) is 3.89. The first-order chi connectivity index (χ1) is 11.5. The van der Waals surface area contributed by atoms with Crippen LogP contribution in [0.5, 0.6) is 5.75 Å². The highest BCUT2D eigenvalue weighted by molar-refractivity contribution is 8.03. The van der Waals surface area contributed by atoms with Gasteiger partial charge in [0.1, 0.15) is 10.8 Å². The highest BCUT2D eigenvalue weighted by Crippen LogP contribution is 2.27. The summed E-state index contributed by atoms with van der Waals surface area (Å²) in [4.78, 5) is 24.8. The maximum Gasteiger partial charge on any atom is 0.357 e. The summed E-state index contributed by atoms with van der Waals surface area (Å²) in [6.07, 6.45) is 1.97. The molecule has 0 bridgehead atoms. The number of rotatable bonds is 9. The van der Waals surface area contributed by atoms with Crippen molar-refractivity contribution in [1.82, 2.24) is 5.32 Å². The van der Waals surface area contributed by atoms with E-state index in [4.69, 9.17) is 15.2 Å². The average molecular weight is 352 g/mol. The largest absolute Gasteiger partial charge is 0.497 e. The van der Waals surface area contributed by atoms with Crippen molar-refractivity contribution in [3.63, 3.8) is 0 Å². The lowest BCUT2D eigenvalue weighted by Gasteiger charge is -2.12. The lowest BCUT2D eigenvalue weighted by Crippen LogP contribution is -2.30. The van der Waals surface area contributed by atoms with Crippen LogP contribution in [0.3, 0.4) is 0 Å². The molecule has 1 rings (SSSR count). The van der Waals surface area contributed by atoms with Crippen LogP contribution in [0.4, 0.5) is 0 Å². The molecule has 0 aromatic heterocycles. The van der Waals surface area contributed by atoms with Gasteiger partial charge in [0.05, 0.1) is 13.7 Å². The molecule has 0 aliphatic rings. The quantitative estimate of drug-likeness (QED) is 0.403. The van der Waals surface area contributed by atoms with Crippen LogP contribution in [0.1, 0.15) is 33.1 Å². The first-order valence-corrected chi connectivity index (χ1v) is 8.62. The number of hydrogen-bond acceptors (Lipinski definition) is 6. The monoisotopic (exact) mass is 352 g/mol. The zero-order chi connectivity index (χ0) is 17.9. The van der Waals surface area contributed by atoms with E-state index in [0.29, 0.717) is 6.42 Å². The molecule has 0 atom stereocenters. The zero-order valence-corrected chi connectivity index (χ0v) is 15.1. The molecule has 1 amide bonds. The molecule has 1 aromatic rings. The van der Waals surface area contributed by atoms with E-state index < -0.39 is 5.97 Å². The van der Waals surface area contributed by atoms with Crippen LogP contribution in [0.15, 0.2) is 39.9 Å². The van der Waals surface area contributed by atoms with E-state index in [1.54, 1.807) is 26.2 Å². The van der Waals surface area contributed by atoms with E-state index in [1.165, 1.54) is 11.8 Å². The van der Waals surface area contributed by atoms with Crippen molar-refractivity contribution in [2.24, 2.45) is 5.73 Å². The topological polar surface area (TPSA) is 90.7 Å². The van der Waals surface area contributed by atoms with Gasteiger partial charge in [-0.25, -0.2) is 4.79 Å². The summed E-state index contributed by atoms with van der Waals surface area (Å²) < 4.78 is 10.1. The predicted octanol–water partition coefficient (Wildman–Crippen LogP) is 2.78. The van der Waals surface area contributed by atoms with Crippen LogP contribution in [0, 0.1) is 0 Å². The van der Waals surface area contributed by atoms with Gasteiger partial charge in [-0.3, -0.25) is 4.79 Å². The molecule has 0 spiro atoms. The minimum Gasteiger partial charge on any atom is -0.497 e. The Morgan fingerprint density at radius 2 is 1.88 bits per heavy atom. The molecular weight excluding hydrogens is 328 g/mol. The van der Waals surface area contributed by atoms with Crippen molar-refractivity contribution in [2.45, 2.75) is 38.0 Å². The number of ether oxygens (including phenoxy) is 2. The van der Waals surface area contributed by atoms with Gasteiger partial charge in [-0.1, -0.05) is 25.1 Å². The number of methoxy groups -OCH3 is 1. The molecule has 0 fully saturated rings. The fourth-order valence-electron chi connectivity index (χ4n) is 1.78. The van der Waals surface area contributed by atoms with Gasteiger partial charge >= 0.3 is 5.97 Å². The van der Waals surface area contributed by atoms with Gasteiger partial charge in [0.15, 0.2) is 5.70 Å². The molecule has 0 aliphatic carbocycles. The second kappa shape index (κ2) is 10.6. The van der Waals surface area contributed by atoms with E-state index in [9.17, 15) is 9.59 Å². The highest BCUT2D eigenvalue weighted by atomic mass is 32.2. The van der Waals surface area contributed by atoms with E-state index in [2.05, 4.69) is 5.32 Å². The summed E-state index contributed by atoms with van der Waals surface area (Å²) >= 11 is 1.18. The van der Waals surface area contributed by atoms with Crippen molar-refractivity contribution < 1.29 is 19.1 Å². The smallest absolute Gasteiger partial charge is 0.357 e. The Kier molecular flexibility index (Phi) is 8.78. The zero-order valence-electron chi connectivity index (χ0n) is 14.3. The molecule has 0 aliphatic heterocycles. The maximum atomic E-state index is 12.1. The molecule has 132 valence electrons. The molecule has 0 saturated carbocycles. The Balaban J connectivity index is 2.93. The van der Waals surface area contributed by atoms with Crippen molar-refractivity contribution in [2.75, 3.05) is 13.7 Å². The normalized spacial score (nSPS) is 11.5. The molecule has 0 heterocycles. The van der Waals surface area contributed by atoms with Crippen molar-refractivity contribution in [3.8, 4) is 5.75 Å². The van der Waals surface area contributed by atoms with E-state index >= 15 is 0 Å². The van der Waals surface area contributed by atoms with Crippen LogP contribution in [-0.4, -0.2) is 25.6 Å². The molecule has 0 unspecified atom stereocenters. The summed E-state index contributed by atoms with van der Waals surface area (Å²) in [5.74, 6) is -0.167. The SMILES string of the molecule is CCCCC(=O)N/C(C(=O)OCC)=C(\N)Sc1ccc(OC)cc1. The molecule has 6 nitrogen and oxygen atoms in total. The van der Waals surface area contributed by atoms with Crippen molar-refractivity contribution in [1.29, 1.82) is 0 Å². The Morgan fingerprint density at radius 1 is 1.21 bits per heavy atom. The Morgan fingerprint density at radius 3 is 2.42 bits per heavy atom. The van der Waals surface area contributed by atoms with E-state index in [-0.39, 0.29) is 23.2 Å². The minimum absolute atomic E-state index is 0.0150. The lowest BCUT2D eigenvalue weighted by atomic mass is 10.2. The minimum atomic E-state index is -0.638. The Hall–Kier alpha value is -2.15. The van der Waals surface area contributed by atoms with E-state index in [1.807, 2.05) is 19.1 Å². The first-order valence-electron chi connectivity index (χ1n) is 7.80. The van der Waals surface area contributed by atoms with Gasteiger partial charge in [-0.2, -0.15) is 0 Å². The Bertz CT molecular complexity index is 585. The summed E-state index contributed by atoms with van der Waals surface area (Å²) in [5, 5.41) is 2.76. The average Bonchev–Trinajstić information content (AvgIpc) is 2.58. The van der Waals surface area contributed by atoms with Crippen molar-refractivity contribution in [3.05, 3.63) is 35.0 Å². The number of nitrogens with one attached hydrogen (secondary N) is 1. The predicted molar refractivity (Wildman–Crippen MR) is 94.4 cm³/mol. The molecular formula is C17H24N2O4S. The van der Waals surface area contributed by atoms with Crippen LogP contribution in [0.2, 0.25) is 0 Å². The number of benzene rings is 1. The summed E-state index contributed by atoms with van der Waals surface area (Å²) in [7, 11) is 1.58. The molecule has 1 aromatic carbocycles. The number of hydrogen-bond donors (Lipinski definition) is 2.